The van der Waals surface area contributed by atoms with Crippen molar-refractivity contribution in [3.05, 3.63) is 105 Å². The van der Waals surface area contributed by atoms with Gasteiger partial charge in [-0.1, -0.05) is 76.2 Å². The Bertz CT molecular complexity index is 1580. The van der Waals surface area contributed by atoms with Crippen molar-refractivity contribution < 1.29 is 19.0 Å². The van der Waals surface area contributed by atoms with Crippen molar-refractivity contribution in [2.45, 2.75) is 87.0 Å². The molecule has 1 heterocycles. The molecule has 0 unspecified atom stereocenters. The van der Waals surface area contributed by atoms with E-state index in [2.05, 4.69) is 104 Å². The average Bonchev–Trinajstić information content (AvgIpc) is 3.22. The standard InChI is InChI=1S/C39H44O4/c1-11-41-39(10)42-34(20-30-16-26(8)32-18-28(22(2)3)14-12-24(6)36(30)32)38(40)35(43-39)21-31-17-27(9)33-19-29(23(4)5)15-13-25(7)37(31)33/h12-23H,11H2,1-10H3/b34-20-,35-21-. The third-order valence-corrected chi connectivity index (χ3v) is 8.52. The van der Waals surface area contributed by atoms with E-state index in [1.165, 1.54) is 22.3 Å². The van der Waals surface area contributed by atoms with E-state index in [9.17, 15) is 4.79 Å². The monoisotopic (exact) mass is 576 g/mol. The van der Waals surface area contributed by atoms with Crippen molar-refractivity contribution in [1.29, 1.82) is 0 Å². The van der Waals surface area contributed by atoms with E-state index in [0.717, 1.165) is 44.5 Å². The molecule has 0 N–H and O–H groups in total. The molecule has 4 heteroatoms. The summed E-state index contributed by atoms with van der Waals surface area (Å²) in [7, 11) is 0. The highest BCUT2D eigenvalue weighted by Gasteiger charge is 2.41. The van der Waals surface area contributed by atoms with E-state index in [1.54, 1.807) is 6.92 Å². The normalized spacial score (nSPS) is 19.2. The van der Waals surface area contributed by atoms with Crippen LogP contribution < -0.4 is 0 Å². The van der Waals surface area contributed by atoms with E-state index in [-0.39, 0.29) is 17.3 Å². The van der Waals surface area contributed by atoms with Gasteiger partial charge in [-0.05, 0) is 125 Å². The second-order valence-electron chi connectivity index (χ2n) is 12.6. The fourth-order valence-electron chi connectivity index (χ4n) is 6.14. The number of aryl methyl sites for hydroxylation is 4. The molecule has 0 radical (unpaired) electrons. The maximum absolute atomic E-state index is 14.1. The number of ether oxygens (including phenoxy) is 3. The molecule has 43 heavy (non-hydrogen) atoms. The maximum atomic E-state index is 14.1. The number of rotatable bonds is 6. The molecule has 1 aliphatic heterocycles. The minimum absolute atomic E-state index is 0.201. The molecule has 1 saturated heterocycles. The van der Waals surface area contributed by atoms with Crippen molar-refractivity contribution >= 4 is 17.9 Å². The summed E-state index contributed by atoms with van der Waals surface area (Å²) in [6.45, 7) is 21.3. The van der Waals surface area contributed by atoms with Gasteiger partial charge in [-0.2, -0.15) is 0 Å². The predicted molar refractivity (Wildman–Crippen MR) is 176 cm³/mol. The highest BCUT2D eigenvalue weighted by molar-refractivity contribution is 6.12. The minimum atomic E-state index is -1.44. The van der Waals surface area contributed by atoms with Crippen LogP contribution in [-0.2, 0) is 19.0 Å². The lowest BCUT2D eigenvalue weighted by Crippen LogP contribution is -2.42. The summed E-state index contributed by atoms with van der Waals surface area (Å²) in [6, 6.07) is 17.5. The largest absolute Gasteiger partial charge is 0.426 e. The zero-order chi connectivity index (χ0) is 31.2. The second kappa shape index (κ2) is 11.7. The van der Waals surface area contributed by atoms with Gasteiger partial charge in [0.1, 0.15) is 0 Å². The number of carbonyl (C=O) groups excluding carboxylic acids is 1. The predicted octanol–water partition coefficient (Wildman–Crippen LogP) is 10.1. The van der Waals surface area contributed by atoms with Crippen LogP contribution in [0.2, 0.25) is 0 Å². The zero-order valence-electron chi connectivity index (χ0n) is 27.3. The van der Waals surface area contributed by atoms with Gasteiger partial charge < -0.3 is 14.2 Å². The van der Waals surface area contributed by atoms with Gasteiger partial charge in [0, 0.05) is 6.92 Å². The van der Waals surface area contributed by atoms with Crippen LogP contribution in [0.25, 0.3) is 34.4 Å². The summed E-state index contributed by atoms with van der Waals surface area (Å²) in [5, 5.41) is 0. The van der Waals surface area contributed by atoms with Crippen molar-refractivity contribution in [1.82, 2.24) is 0 Å². The Kier molecular flexibility index (Phi) is 8.28. The Balaban J connectivity index is 1.64. The third-order valence-electron chi connectivity index (χ3n) is 8.52. The molecule has 224 valence electrons. The highest BCUT2D eigenvalue weighted by Crippen LogP contribution is 2.41. The number of carbonyl (C=O) groups is 1. The van der Waals surface area contributed by atoms with Gasteiger partial charge in [0.2, 0.25) is 0 Å². The minimum Gasteiger partial charge on any atom is -0.426 e. The summed E-state index contributed by atoms with van der Waals surface area (Å²) in [5.74, 6) is -0.531. The van der Waals surface area contributed by atoms with Crippen molar-refractivity contribution in [3.8, 4) is 22.3 Å². The molecule has 0 aromatic rings. The molecule has 0 amide bonds. The number of fused-ring (bicyclic) bond motifs is 2. The summed E-state index contributed by atoms with van der Waals surface area (Å²) in [5.41, 5.74) is 13.7. The Morgan fingerprint density at radius 1 is 0.698 bits per heavy atom. The molecule has 5 rings (SSSR count). The Hall–Kier alpha value is -3.89. The molecule has 5 aliphatic rings. The molecule has 0 atom stereocenters. The molecule has 0 saturated carbocycles. The Morgan fingerprint density at radius 2 is 1.12 bits per heavy atom. The van der Waals surface area contributed by atoms with E-state index in [1.807, 2.05) is 19.1 Å². The van der Waals surface area contributed by atoms with Gasteiger partial charge in [0.15, 0.2) is 11.5 Å². The summed E-state index contributed by atoms with van der Waals surface area (Å²) >= 11 is 0. The van der Waals surface area contributed by atoms with E-state index in [4.69, 9.17) is 14.2 Å². The second-order valence-corrected chi connectivity index (χ2v) is 12.6. The van der Waals surface area contributed by atoms with E-state index >= 15 is 0 Å². The molecule has 0 aromatic heterocycles. The van der Waals surface area contributed by atoms with Gasteiger partial charge in [0.05, 0.1) is 6.61 Å². The first-order valence-electron chi connectivity index (χ1n) is 15.4. The number of hydrogen-bond donors (Lipinski definition) is 0. The van der Waals surface area contributed by atoms with Crippen LogP contribution in [0.3, 0.4) is 0 Å². The smallest absolute Gasteiger partial charge is 0.368 e. The van der Waals surface area contributed by atoms with Crippen LogP contribution in [0.1, 0.15) is 97.9 Å². The molecule has 0 bridgehead atoms. The van der Waals surface area contributed by atoms with Crippen LogP contribution in [-0.4, -0.2) is 18.4 Å². The lowest BCUT2D eigenvalue weighted by atomic mass is 9.99. The first-order chi connectivity index (χ1) is 20.3. The van der Waals surface area contributed by atoms with Crippen molar-refractivity contribution in [2.75, 3.05) is 6.61 Å². The SMILES string of the molecule is CCOC1(C)O/C(=C\c2cc(C)c3cc(C(C)C)ccc(C)c2-3)C(=O)/C(=C/c2cc(C)c3cc(C(C)C)ccc(C)c2-3)O1. The summed E-state index contributed by atoms with van der Waals surface area (Å²) in [6.07, 6.45) is 3.70. The molecular weight excluding hydrogens is 532 g/mol. The lowest BCUT2D eigenvalue weighted by molar-refractivity contribution is -0.343. The number of ketones is 1. The number of Topliss-reactive ketones (excluding diaryl/α,β-unsaturated/α-hetero) is 1. The topological polar surface area (TPSA) is 44.8 Å². The van der Waals surface area contributed by atoms with Gasteiger partial charge in [-0.15, -0.1) is 0 Å². The molecule has 0 spiro atoms. The van der Waals surface area contributed by atoms with Crippen molar-refractivity contribution in [2.24, 2.45) is 0 Å². The van der Waals surface area contributed by atoms with E-state index < -0.39 is 5.97 Å². The van der Waals surface area contributed by atoms with Gasteiger partial charge in [-0.25, -0.2) is 0 Å². The number of hydrogen-bond acceptors (Lipinski definition) is 4. The molecule has 1 fully saturated rings. The lowest BCUT2D eigenvalue weighted by Gasteiger charge is -2.35. The van der Waals surface area contributed by atoms with Gasteiger partial charge in [0.25, 0.3) is 5.78 Å². The fourth-order valence-corrected chi connectivity index (χ4v) is 6.14. The first-order valence-corrected chi connectivity index (χ1v) is 15.4. The van der Waals surface area contributed by atoms with Crippen molar-refractivity contribution in [3.63, 3.8) is 0 Å². The van der Waals surface area contributed by atoms with Crippen LogP contribution in [0, 0.1) is 27.7 Å². The van der Waals surface area contributed by atoms with Crippen LogP contribution in [0.5, 0.6) is 0 Å². The molecule has 0 aromatic carbocycles. The summed E-state index contributed by atoms with van der Waals surface area (Å²) < 4.78 is 18.3. The maximum Gasteiger partial charge on any atom is 0.368 e. The first kappa shape index (κ1) is 30.6. The highest BCUT2D eigenvalue weighted by atomic mass is 16.9. The van der Waals surface area contributed by atoms with Crippen LogP contribution >= 0.6 is 0 Å². The Labute approximate surface area is 257 Å². The quantitative estimate of drug-likeness (QED) is 0.214. The van der Waals surface area contributed by atoms with Gasteiger partial charge in [-0.3, -0.25) is 4.79 Å². The Morgan fingerprint density at radius 3 is 1.49 bits per heavy atom. The third kappa shape index (κ3) is 5.86. The van der Waals surface area contributed by atoms with E-state index in [0.29, 0.717) is 18.4 Å². The van der Waals surface area contributed by atoms with Crippen LogP contribution in [0.15, 0.2) is 60.0 Å². The fraction of sp³-hybridized carbons (Fsp3) is 0.359. The van der Waals surface area contributed by atoms with Gasteiger partial charge >= 0.3 is 5.97 Å². The zero-order valence-corrected chi connectivity index (χ0v) is 27.3. The average molecular weight is 577 g/mol. The van der Waals surface area contributed by atoms with Crippen LogP contribution in [0.4, 0.5) is 0 Å². The molecular formula is C39H44O4. The molecule has 4 aliphatic carbocycles. The molecule has 4 nitrogen and oxygen atoms in total. The summed E-state index contributed by atoms with van der Waals surface area (Å²) in [4.78, 5) is 14.1.